The molecule has 128 heavy (non-hydrogen) atoms. The van der Waals surface area contributed by atoms with E-state index in [1.807, 2.05) is 110 Å². The van der Waals surface area contributed by atoms with Gasteiger partial charge in [0.1, 0.15) is 93.7 Å². The molecule has 0 saturated heterocycles. The predicted molar refractivity (Wildman–Crippen MR) is 474 cm³/mol. The number of benzene rings is 8. The van der Waals surface area contributed by atoms with E-state index in [1.54, 1.807) is 107 Å². The smallest absolute Gasteiger partial charge is 0.260 e. The summed E-state index contributed by atoms with van der Waals surface area (Å²) in [5.74, 6) is 1.35. The number of pyridine rings is 1. The molecular formula is C92H89Cl4N13O19. The summed E-state index contributed by atoms with van der Waals surface area (Å²) in [6, 6.07) is 54.0. The maximum Gasteiger partial charge on any atom is 0.260 e. The zero-order valence-electron chi connectivity index (χ0n) is 69.7. The molecule has 8 heterocycles. The number of fused-ring (bicyclic) bond motifs is 4. The molecule has 16 rings (SSSR count). The van der Waals surface area contributed by atoms with E-state index >= 15 is 0 Å². The van der Waals surface area contributed by atoms with Gasteiger partial charge in [-0.05, 0) is 145 Å². The van der Waals surface area contributed by atoms with Crippen molar-refractivity contribution in [3.05, 3.63) is 294 Å². The van der Waals surface area contributed by atoms with E-state index in [4.69, 9.17) is 99.5 Å². The second-order valence-corrected chi connectivity index (χ2v) is 31.3. The zero-order valence-corrected chi connectivity index (χ0v) is 72.7. The van der Waals surface area contributed by atoms with Crippen LogP contribution < -0.4 is 38.5 Å². The summed E-state index contributed by atoms with van der Waals surface area (Å²) in [6.07, 6.45) is 3.42. The lowest BCUT2D eigenvalue weighted by Crippen LogP contribution is -2.42. The number of aryl methyl sites for hydroxylation is 2. The van der Waals surface area contributed by atoms with Gasteiger partial charge in [0.05, 0.1) is 94.4 Å². The summed E-state index contributed by atoms with van der Waals surface area (Å²) < 4.78 is 37.5. The van der Waals surface area contributed by atoms with Gasteiger partial charge in [-0.1, -0.05) is 130 Å². The van der Waals surface area contributed by atoms with Gasteiger partial charge in [0.25, 0.3) is 23.6 Å². The second kappa shape index (κ2) is 43.7. The number of nitrogens with zero attached hydrogens (tertiary/aromatic N) is 13. The van der Waals surface area contributed by atoms with E-state index < -0.39 is 5.91 Å². The lowest BCUT2D eigenvalue weighted by atomic mass is 10.1. The van der Waals surface area contributed by atoms with Crippen LogP contribution in [0.4, 0.5) is 22.7 Å². The predicted octanol–water partition coefficient (Wildman–Crippen LogP) is 11.6. The molecule has 11 aromatic rings. The van der Waals surface area contributed by atoms with E-state index in [9.17, 15) is 38.4 Å². The minimum atomic E-state index is -0.403. The molecule has 0 radical (unpaired) electrons. The Balaban J connectivity index is 0.000000146. The zero-order chi connectivity index (χ0) is 90.5. The van der Waals surface area contributed by atoms with E-state index in [0.29, 0.717) is 114 Å². The van der Waals surface area contributed by atoms with Gasteiger partial charge in [0.15, 0.2) is 0 Å². The Bertz CT molecular complexity index is 5700. The highest BCUT2D eigenvalue weighted by molar-refractivity contribution is 6.36. The number of hydrogen-bond donors (Lipinski definition) is 4. The number of amides is 8. The van der Waals surface area contributed by atoms with Crippen molar-refractivity contribution in [2.45, 2.75) is 72.6 Å². The number of halogens is 4. The first-order valence-corrected chi connectivity index (χ1v) is 42.1. The Morgan fingerprint density at radius 1 is 0.422 bits per heavy atom. The SMILES string of the molecule is CC1COC(CN2Cc3ccccc3N(C(=O)c3ccc(OCCO)cc3Cl)CC2=O)=N1.Cc1cc(CN2Cc3ccccc3N(C(=O)c3ccc(OCCO)cc3Cl)CC2=O)no1.Cc1nnc(CN2Cc3ccccc3N(C(=O)c3ccc(OCCO)cc3Cl)CC2=O)o1.O=C1CN(C(=O)c2ccc(OCCO)cc2Cl)c2ccccc2CN1Cc1cccnc1. The molecule has 8 amide bonds. The minimum Gasteiger partial charge on any atom is -0.491 e. The number of anilines is 4. The monoisotopic (exact) mass is 1820 g/mol. The Kier molecular flexibility index (Phi) is 31.6. The topological polar surface area (TPSA) is 380 Å². The molecule has 0 bridgehead atoms. The average molecular weight is 1820 g/mol. The molecule has 32 nitrogen and oxygen atoms in total. The Morgan fingerprint density at radius 3 is 1.08 bits per heavy atom. The van der Waals surface area contributed by atoms with Crippen molar-refractivity contribution in [2.75, 3.05) is 112 Å². The van der Waals surface area contributed by atoms with E-state index in [-0.39, 0.29) is 188 Å². The maximum atomic E-state index is 13.5. The summed E-state index contributed by atoms with van der Waals surface area (Å²) in [5.41, 5.74) is 8.58. The number of rotatable bonds is 24. The van der Waals surface area contributed by atoms with Crippen LogP contribution in [0.1, 0.15) is 99.4 Å². The molecule has 1 unspecified atom stereocenters. The Morgan fingerprint density at radius 2 is 0.773 bits per heavy atom. The summed E-state index contributed by atoms with van der Waals surface area (Å²) in [4.78, 5) is 127. The number of para-hydroxylation sites is 4. The molecule has 8 aromatic carbocycles. The fourth-order valence-electron chi connectivity index (χ4n) is 14.4. The van der Waals surface area contributed by atoms with Crippen LogP contribution in [-0.4, -0.2) is 212 Å². The minimum absolute atomic E-state index is 0.0731. The molecule has 1 atom stereocenters. The molecule has 5 aliphatic rings. The third-order valence-electron chi connectivity index (χ3n) is 20.5. The largest absolute Gasteiger partial charge is 0.491 e. The number of carbonyl (C=O) groups is 8. The van der Waals surface area contributed by atoms with Gasteiger partial charge in [-0.3, -0.25) is 62.9 Å². The van der Waals surface area contributed by atoms with Crippen LogP contribution in [0, 0.1) is 13.8 Å². The first-order valence-electron chi connectivity index (χ1n) is 40.6. The van der Waals surface area contributed by atoms with Crippen molar-refractivity contribution in [3.8, 4) is 23.0 Å². The number of aromatic nitrogens is 4. The van der Waals surface area contributed by atoms with Crippen LogP contribution in [0.15, 0.2) is 214 Å². The molecule has 0 aliphatic carbocycles. The molecule has 0 spiro atoms. The molecular weight excluding hydrogens is 1730 g/mol. The van der Waals surface area contributed by atoms with Crippen LogP contribution >= 0.6 is 46.4 Å². The lowest BCUT2D eigenvalue weighted by molar-refractivity contribution is -0.131. The fourth-order valence-corrected chi connectivity index (χ4v) is 15.4. The van der Waals surface area contributed by atoms with Gasteiger partial charge >= 0.3 is 0 Å². The number of aliphatic imine (C=N–C) groups is 1. The van der Waals surface area contributed by atoms with Gasteiger partial charge in [-0.2, -0.15) is 0 Å². The van der Waals surface area contributed by atoms with Gasteiger partial charge in [-0.25, -0.2) is 4.99 Å². The van der Waals surface area contributed by atoms with Gasteiger partial charge in [-0.15, -0.1) is 10.2 Å². The standard InChI is InChI=1S/C24H22ClN3O4.C23H24ClN3O5.C23H22ClN3O5.C22H21ClN4O5/c25-21-12-19(32-11-10-29)7-8-20(21)24(31)28-16-23(30)27(14-17-4-3-9-26-13-17)15-18-5-1-2-6-22(18)28;1-15-14-32-21(25-15)12-26-11-16-4-2-3-5-20(16)27(13-22(26)29)23(30)18-7-6-17(10-19(18)24)31-9-8-28;1-15-10-17(25-32-15)13-26-12-16-4-2-3-5-21(16)27(14-22(26)29)23(30)19-7-6-18(11-20(19)24)31-9-8-28;1-14-24-25-20(32-14)12-26-11-15-4-2-3-5-19(15)27(13-21(26)29)22(30)17-7-6-16(10-18(17)23)31-9-8-28/h1-9,12-13,29H,10-11,14-16H2;2-7,10,15,28H,8-9,11-14H2,1H3;2-7,10-11,28H,8-9,12-14H2,1H3;2-7,10,28H,8-9,11-13H2,1H3. The Labute approximate surface area is 755 Å². The molecule has 664 valence electrons. The van der Waals surface area contributed by atoms with Crippen LogP contribution in [0.25, 0.3) is 0 Å². The second-order valence-electron chi connectivity index (χ2n) is 29.6. The molecule has 0 saturated carbocycles. The highest BCUT2D eigenvalue weighted by atomic mass is 35.5. The summed E-state index contributed by atoms with van der Waals surface area (Å²) in [5, 5.41) is 48.2. The number of hydrogen-bond acceptors (Lipinski definition) is 24. The molecule has 0 fully saturated rings. The highest BCUT2D eigenvalue weighted by Gasteiger charge is 2.37. The van der Waals surface area contributed by atoms with Crippen LogP contribution in [-0.2, 0) is 69.7 Å². The van der Waals surface area contributed by atoms with Gasteiger partial charge in [0, 0.05) is 80.9 Å². The van der Waals surface area contributed by atoms with Crippen molar-refractivity contribution in [1.82, 2.24) is 39.9 Å². The third kappa shape index (κ3) is 23.3. The van der Waals surface area contributed by atoms with E-state index in [1.165, 1.54) is 43.9 Å². The first-order chi connectivity index (χ1) is 61.9. The molecule has 5 aliphatic heterocycles. The summed E-state index contributed by atoms with van der Waals surface area (Å²) >= 11 is 25.4. The van der Waals surface area contributed by atoms with E-state index in [0.717, 1.165) is 27.8 Å². The van der Waals surface area contributed by atoms with Crippen molar-refractivity contribution < 1.29 is 91.4 Å². The van der Waals surface area contributed by atoms with Crippen LogP contribution in [0.2, 0.25) is 20.1 Å². The summed E-state index contributed by atoms with van der Waals surface area (Å²) in [7, 11) is 0. The number of ether oxygens (including phenoxy) is 5. The van der Waals surface area contributed by atoms with E-state index in [2.05, 4.69) is 25.3 Å². The molecule has 36 heteroatoms. The fraction of sp³-hybridized carbons (Fsp3) is 0.272. The number of aliphatic hydroxyl groups excluding tert-OH is 4. The Hall–Kier alpha value is -13.3. The van der Waals surface area contributed by atoms with Crippen LogP contribution in [0.3, 0.4) is 0 Å². The molecule has 4 N–H and O–H groups in total. The lowest BCUT2D eigenvalue weighted by Gasteiger charge is -2.23. The maximum absolute atomic E-state index is 13.5. The normalized spacial score (nSPS) is 14.7. The first kappa shape index (κ1) is 92.4. The van der Waals surface area contributed by atoms with Crippen molar-refractivity contribution in [3.63, 3.8) is 0 Å². The van der Waals surface area contributed by atoms with Gasteiger partial charge in [0.2, 0.25) is 41.3 Å². The highest BCUT2D eigenvalue weighted by Crippen LogP contribution is 2.37. The molecule has 3 aromatic heterocycles. The van der Waals surface area contributed by atoms with Gasteiger partial charge < -0.3 is 72.7 Å². The quantitative estimate of drug-likeness (QED) is 0.0436. The van der Waals surface area contributed by atoms with Crippen molar-refractivity contribution in [2.24, 2.45) is 4.99 Å². The average Bonchev–Trinajstić information content (AvgIpc) is 1.57. The van der Waals surface area contributed by atoms with Crippen molar-refractivity contribution in [1.29, 1.82) is 0 Å². The van der Waals surface area contributed by atoms with Crippen LogP contribution in [0.5, 0.6) is 23.0 Å². The van der Waals surface area contributed by atoms with Crippen molar-refractivity contribution >= 4 is 122 Å². The summed E-state index contributed by atoms with van der Waals surface area (Å²) in [6.45, 7) is 7.85. The third-order valence-corrected chi connectivity index (χ3v) is 21.7. The number of carbonyl (C=O) groups excluding carboxylic acids is 8. The number of aliphatic hydroxyl groups is 4.